The van der Waals surface area contributed by atoms with E-state index in [1.165, 1.54) is 11.1 Å². The Morgan fingerprint density at radius 1 is 0.905 bits per heavy atom. The second-order valence-corrected chi connectivity index (χ2v) is 5.40. The summed E-state index contributed by atoms with van der Waals surface area (Å²) in [6.45, 7) is 3.09. The zero-order valence-corrected chi connectivity index (χ0v) is 12.4. The predicted octanol–water partition coefficient (Wildman–Crippen LogP) is 4.40. The fraction of sp³-hybridized carbons (Fsp3) is 0.200. The lowest BCUT2D eigenvalue weighted by molar-refractivity contribution is 0.384. The summed E-state index contributed by atoms with van der Waals surface area (Å²) in [5.74, 6) is 0.297. The molecule has 0 amide bonds. The minimum atomic E-state index is -0.174. The van der Waals surface area contributed by atoms with Gasteiger partial charge >= 0.3 is 0 Å². The first-order valence-electron chi connectivity index (χ1n) is 7.58. The molecule has 0 aromatic heterocycles. The van der Waals surface area contributed by atoms with E-state index in [2.05, 4.69) is 97.2 Å². The van der Waals surface area contributed by atoms with Gasteiger partial charge in [-0.05, 0) is 17.7 Å². The molecule has 2 aromatic carbocycles. The average Bonchev–Trinajstić information content (AvgIpc) is 2.57. The Morgan fingerprint density at radius 3 is 2.24 bits per heavy atom. The van der Waals surface area contributed by atoms with Crippen molar-refractivity contribution in [1.29, 1.82) is 0 Å². The van der Waals surface area contributed by atoms with E-state index in [0.29, 0.717) is 5.92 Å². The van der Waals surface area contributed by atoms with Gasteiger partial charge in [-0.1, -0.05) is 91.9 Å². The van der Waals surface area contributed by atoms with Crippen LogP contribution in [0.4, 0.5) is 0 Å². The van der Waals surface area contributed by atoms with Crippen molar-refractivity contribution in [3.05, 3.63) is 96.1 Å². The first kappa shape index (κ1) is 13.8. The molecule has 2 atom stereocenters. The summed E-state index contributed by atoms with van der Waals surface area (Å²) >= 11 is 0. The molecule has 1 N–H and O–H groups in total. The van der Waals surface area contributed by atoms with E-state index in [1.54, 1.807) is 0 Å². The van der Waals surface area contributed by atoms with Crippen LogP contribution in [0.3, 0.4) is 0 Å². The monoisotopic (exact) mass is 275 g/mol. The van der Waals surface area contributed by atoms with Crippen molar-refractivity contribution in [2.24, 2.45) is 0 Å². The van der Waals surface area contributed by atoms with Crippen LogP contribution in [0.1, 0.15) is 24.0 Å². The molecule has 0 aliphatic heterocycles. The molecule has 21 heavy (non-hydrogen) atoms. The molecule has 2 aromatic rings. The Labute approximate surface area is 127 Å². The van der Waals surface area contributed by atoms with Crippen molar-refractivity contribution in [1.82, 2.24) is 5.32 Å². The minimum Gasteiger partial charge on any atom is -0.304 e. The van der Waals surface area contributed by atoms with E-state index >= 15 is 0 Å². The summed E-state index contributed by atoms with van der Waals surface area (Å²) in [7, 11) is 0. The van der Waals surface area contributed by atoms with Gasteiger partial charge in [-0.25, -0.2) is 0 Å². The van der Waals surface area contributed by atoms with Gasteiger partial charge in [0, 0.05) is 5.92 Å². The highest BCUT2D eigenvalue weighted by molar-refractivity contribution is 5.44. The van der Waals surface area contributed by atoms with Crippen LogP contribution < -0.4 is 5.32 Å². The van der Waals surface area contributed by atoms with Gasteiger partial charge in [0.2, 0.25) is 0 Å². The molecular weight excluding hydrogens is 254 g/mol. The van der Waals surface area contributed by atoms with Gasteiger partial charge in [0.1, 0.15) is 0 Å². The average molecular weight is 275 g/mol. The molecule has 1 heteroatoms. The standard InChI is InChI=1S/C20H21N/c1-2-21-20(18-13-7-4-8-14-18)16-10-9-15-19(20)17-11-5-3-6-12-17/h3-16,19,21H,2H2,1H3. The smallest absolute Gasteiger partial charge is 0.0728 e. The van der Waals surface area contributed by atoms with Crippen LogP contribution in [-0.4, -0.2) is 6.54 Å². The van der Waals surface area contributed by atoms with E-state index in [9.17, 15) is 0 Å². The number of likely N-dealkylation sites (N-methyl/N-ethyl adjacent to an activating group) is 1. The van der Waals surface area contributed by atoms with Crippen LogP contribution in [0.2, 0.25) is 0 Å². The van der Waals surface area contributed by atoms with E-state index in [-0.39, 0.29) is 5.54 Å². The summed E-state index contributed by atoms with van der Waals surface area (Å²) in [5.41, 5.74) is 2.47. The van der Waals surface area contributed by atoms with E-state index in [4.69, 9.17) is 0 Å². The van der Waals surface area contributed by atoms with Crippen molar-refractivity contribution in [3.8, 4) is 0 Å². The quantitative estimate of drug-likeness (QED) is 0.872. The third-order valence-corrected chi connectivity index (χ3v) is 4.14. The Kier molecular flexibility index (Phi) is 4.03. The maximum atomic E-state index is 3.72. The molecule has 0 radical (unpaired) electrons. The van der Waals surface area contributed by atoms with Crippen molar-refractivity contribution in [2.75, 3.05) is 6.54 Å². The zero-order valence-electron chi connectivity index (χ0n) is 12.4. The first-order valence-corrected chi connectivity index (χ1v) is 7.58. The Morgan fingerprint density at radius 2 is 1.57 bits per heavy atom. The van der Waals surface area contributed by atoms with E-state index in [1.807, 2.05) is 0 Å². The molecule has 0 bridgehead atoms. The van der Waals surface area contributed by atoms with Crippen LogP contribution in [0.25, 0.3) is 0 Å². The number of nitrogens with one attached hydrogen (secondary N) is 1. The molecule has 0 fully saturated rings. The van der Waals surface area contributed by atoms with Gasteiger partial charge in [0.15, 0.2) is 0 Å². The van der Waals surface area contributed by atoms with Gasteiger partial charge in [0.25, 0.3) is 0 Å². The lowest BCUT2D eigenvalue weighted by Crippen LogP contribution is -2.46. The summed E-state index contributed by atoms with van der Waals surface area (Å²) in [6, 6.07) is 21.4. The summed E-state index contributed by atoms with van der Waals surface area (Å²) in [6.07, 6.45) is 8.89. The van der Waals surface area contributed by atoms with Gasteiger partial charge in [-0.15, -0.1) is 0 Å². The topological polar surface area (TPSA) is 12.0 Å². The lowest BCUT2D eigenvalue weighted by Gasteiger charge is -2.40. The maximum Gasteiger partial charge on any atom is 0.0728 e. The molecule has 0 saturated carbocycles. The Balaban J connectivity index is 2.12. The second-order valence-electron chi connectivity index (χ2n) is 5.40. The molecular formula is C20H21N. The zero-order chi connectivity index (χ0) is 14.5. The fourth-order valence-corrected chi connectivity index (χ4v) is 3.23. The number of hydrogen-bond donors (Lipinski definition) is 1. The fourth-order valence-electron chi connectivity index (χ4n) is 3.23. The number of hydrogen-bond acceptors (Lipinski definition) is 1. The molecule has 1 aliphatic rings. The van der Waals surface area contributed by atoms with Crippen molar-refractivity contribution in [3.63, 3.8) is 0 Å². The third kappa shape index (κ3) is 2.57. The third-order valence-electron chi connectivity index (χ3n) is 4.14. The molecule has 0 spiro atoms. The number of allylic oxidation sites excluding steroid dienone is 2. The molecule has 2 unspecified atom stereocenters. The molecule has 3 rings (SSSR count). The molecule has 106 valence electrons. The van der Waals surface area contributed by atoms with Crippen molar-refractivity contribution in [2.45, 2.75) is 18.4 Å². The van der Waals surface area contributed by atoms with Crippen LogP contribution >= 0.6 is 0 Å². The normalized spacial score (nSPS) is 24.1. The maximum absolute atomic E-state index is 3.72. The highest BCUT2D eigenvalue weighted by Crippen LogP contribution is 2.41. The van der Waals surface area contributed by atoms with Crippen molar-refractivity contribution < 1.29 is 0 Å². The summed E-state index contributed by atoms with van der Waals surface area (Å²) in [5, 5.41) is 3.72. The van der Waals surface area contributed by atoms with Crippen LogP contribution in [0.5, 0.6) is 0 Å². The van der Waals surface area contributed by atoms with E-state index < -0.39 is 0 Å². The van der Waals surface area contributed by atoms with Crippen LogP contribution in [0.15, 0.2) is 85.0 Å². The highest BCUT2D eigenvalue weighted by Gasteiger charge is 2.37. The van der Waals surface area contributed by atoms with Gasteiger partial charge < -0.3 is 5.32 Å². The largest absolute Gasteiger partial charge is 0.304 e. The van der Waals surface area contributed by atoms with E-state index in [0.717, 1.165) is 6.54 Å². The number of rotatable bonds is 4. The van der Waals surface area contributed by atoms with Gasteiger partial charge in [-0.2, -0.15) is 0 Å². The van der Waals surface area contributed by atoms with Crippen LogP contribution in [0, 0.1) is 0 Å². The molecule has 1 nitrogen and oxygen atoms in total. The first-order chi connectivity index (χ1) is 10.4. The number of benzene rings is 2. The summed E-state index contributed by atoms with van der Waals surface area (Å²) in [4.78, 5) is 0. The van der Waals surface area contributed by atoms with Crippen LogP contribution in [-0.2, 0) is 5.54 Å². The van der Waals surface area contributed by atoms with Gasteiger partial charge in [-0.3, -0.25) is 0 Å². The second kappa shape index (κ2) is 6.11. The Bertz CT molecular complexity index is 627. The highest BCUT2D eigenvalue weighted by atomic mass is 15.0. The minimum absolute atomic E-state index is 0.174. The van der Waals surface area contributed by atoms with Crippen molar-refractivity contribution >= 4 is 0 Å². The molecule has 1 aliphatic carbocycles. The van der Waals surface area contributed by atoms with Gasteiger partial charge in [0.05, 0.1) is 5.54 Å². The predicted molar refractivity (Wildman–Crippen MR) is 89.3 cm³/mol. The molecule has 0 saturated heterocycles. The molecule has 0 heterocycles. The lowest BCUT2D eigenvalue weighted by atomic mass is 9.72. The Hall–Kier alpha value is -2.12. The summed E-state index contributed by atoms with van der Waals surface area (Å²) < 4.78 is 0. The SMILES string of the molecule is CCNC1(c2ccccc2)C=CC=CC1c1ccccc1.